The Kier molecular flexibility index (Phi) is 2.65. The third kappa shape index (κ3) is 1.91. The monoisotopic (exact) mass is 217 g/mol. The van der Waals surface area contributed by atoms with E-state index in [1.165, 1.54) is 10.9 Å². The smallest absolute Gasteiger partial charge is 0.251 e. The fraction of sp³-hybridized carbons (Fsp3) is 0.100. The number of pyridine rings is 1. The third-order valence-electron chi connectivity index (χ3n) is 2.15. The molecule has 6 nitrogen and oxygen atoms in total. The van der Waals surface area contributed by atoms with Gasteiger partial charge >= 0.3 is 0 Å². The SMILES string of the molecule is NCc1cncc(-n2cc(C(N)=O)cn2)c1. The largest absolute Gasteiger partial charge is 0.366 e. The molecular weight excluding hydrogens is 206 g/mol. The highest BCUT2D eigenvalue weighted by Gasteiger charge is 2.05. The van der Waals surface area contributed by atoms with Crippen molar-refractivity contribution in [2.75, 3.05) is 0 Å². The van der Waals surface area contributed by atoms with E-state index >= 15 is 0 Å². The number of rotatable bonds is 3. The second-order valence-corrected chi connectivity index (χ2v) is 3.29. The molecule has 2 rings (SSSR count). The molecule has 2 heterocycles. The topological polar surface area (TPSA) is 99.8 Å². The summed E-state index contributed by atoms with van der Waals surface area (Å²) in [4.78, 5) is 14.9. The van der Waals surface area contributed by atoms with Crippen LogP contribution >= 0.6 is 0 Å². The molecule has 0 aliphatic carbocycles. The lowest BCUT2D eigenvalue weighted by Gasteiger charge is -2.02. The van der Waals surface area contributed by atoms with Gasteiger partial charge in [0.2, 0.25) is 0 Å². The second-order valence-electron chi connectivity index (χ2n) is 3.29. The minimum Gasteiger partial charge on any atom is -0.366 e. The number of nitrogens with zero attached hydrogens (tertiary/aromatic N) is 3. The van der Waals surface area contributed by atoms with E-state index in [1.54, 1.807) is 18.6 Å². The highest BCUT2D eigenvalue weighted by Crippen LogP contribution is 2.08. The Bertz CT molecular complexity index is 519. The van der Waals surface area contributed by atoms with Crippen molar-refractivity contribution in [3.05, 3.63) is 42.0 Å². The summed E-state index contributed by atoms with van der Waals surface area (Å²) in [5, 5.41) is 4.02. The van der Waals surface area contributed by atoms with E-state index in [9.17, 15) is 4.79 Å². The van der Waals surface area contributed by atoms with Gasteiger partial charge in [0.1, 0.15) is 0 Å². The molecule has 0 spiro atoms. The van der Waals surface area contributed by atoms with E-state index in [-0.39, 0.29) is 0 Å². The summed E-state index contributed by atoms with van der Waals surface area (Å²) in [6.45, 7) is 0.408. The number of nitrogens with two attached hydrogens (primary N) is 2. The van der Waals surface area contributed by atoms with Crippen LogP contribution in [-0.2, 0) is 6.54 Å². The van der Waals surface area contributed by atoms with Crippen LogP contribution in [0.1, 0.15) is 15.9 Å². The molecule has 0 radical (unpaired) electrons. The Labute approximate surface area is 91.9 Å². The second kappa shape index (κ2) is 4.11. The Hall–Kier alpha value is -2.21. The molecule has 2 aromatic heterocycles. The number of aromatic nitrogens is 3. The van der Waals surface area contributed by atoms with Gasteiger partial charge in [0.15, 0.2) is 0 Å². The fourth-order valence-corrected chi connectivity index (χ4v) is 1.30. The molecule has 0 saturated carbocycles. The minimum absolute atomic E-state index is 0.359. The summed E-state index contributed by atoms with van der Waals surface area (Å²) >= 11 is 0. The van der Waals surface area contributed by atoms with Crippen molar-refractivity contribution < 1.29 is 4.79 Å². The maximum atomic E-state index is 10.9. The van der Waals surface area contributed by atoms with Crippen molar-refractivity contribution in [2.24, 2.45) is 11.5 Å². The molecule has 0 atom stereocenters. The van der Waals surface area contributed by atoms with Gasteiger partial charge in [-0.3, -0.25) is 9.78 Å². The first kappa shape index (κ1) is 10.3. The zero-order chi connectivity index (χ0) is 11.5. The summed E-state index contributed by atoms with van der Waals surface area (Å²) < 4.78 is 1.53. The van der Waals surface area contributed by atoms with E-state index < -0.39 is 5.91 Å². The number of carbonyl (C=O) groups is 1. The third-order valence-corrected chi connectivity index (χ3v) is 2.15. The minimum atomic E-state index is -0.505. The van der Waals surface area contributed by atoms with Gasteiger partial charge in [-0.25, -0.2) is 4.68 Å². The molecule has 0 saturated heterocycles. The molecule has 0 unspecified atom stereocenters. The number of primary amides is 1. The van der Waals surface area contributed by atoms with Crippen molar-refractivity contribution in [1.29, 1.82) is 0 Å². The zero-order valence-electron chi connectivity index (χ0n) is 8.50. The predicted octanol–water partition coefficient (Wildman–Crippen LogP) is -0.175. The standard InChI is InChI=1S/C10H11N5O/c11-2-7-1-9(5-13-3-7)15-6-8(4-14-15)10(12)16/h1,3-6H,2,11H2,(H2,12,16). The van der Waals surface area contributed by atoms with Gasteiger partial charge in [-0.05, 0) is 11.6 Å². The highest BCUT2D eigenvalue weighted by atomic mass is 16.1. The Balaban J connectivity index is 2.38. The van der Waals surface area contributed by atoms with Crippen LogP contribution in [0.25, 0.3) is 5.69 Å². The van der Waals surface area contributed by atoms with Gasteiger partial charge < -0.3 is 11.5 Å². The van der Waals surface area contributed by atoms with E-state index in [1.807, 2.05) is 6.07 Å². The van der Waals surface area contributed by atoms with Crippen LogP contribution in [-0.4, -0.2) is 20.7 Å². The average Bonchev–Trinajstić information content (AvgIpc) is 2.78. The molecule has 2 aromatic rings. The lowest BCUT2D eigenvalue weighted by Crippen LogP contribution is -2.09. The number of carbonyl (C=O) groups excluding carboxylic acids is 1. The van der Waals surface area contributed by atoms with Crippen LogP contribution in [0.5, 0.6) is 0 Å². The molecule has 16 heavy (non-hydrogen) atoms. The molecule has 6 heteroatoms. The van der Waals surface area contributed by atoms with Crippen molar-refractivity contribution in [2.45, 2.75) is 6.54 Å². The van der Waals surface area contributed by atoms with Crippen LogP contribution in [0.2, 0.25) is 0 Å². The summed E-state index contributed by atoms with van der Waals surface area (Å²) in [6, 6.07) is 1.85. The molecule has 0 aliphatic rings. The van der Waals surface area contributed by atoms with Crippen molar-refractivity contribution in [1.82, 2.24) is 14.8 Å². The molecule has 1 amide bonds. The summed E-state index contributed by atoms with van der Waals surface area (Å²) in [5.41, 5.74) is 12.6. The Morgan fingerprint density at radius 1 is 1.38 bits per heavy atom. The van der Waals surface area contributed by atoms with Crippen molar-refractivity contribution in [3.8, 4) is 5.69 Å². The van der Waals surface area contributed by atoms with Gasteiger partial charge in [-0.15, -0.1) is 0 Å². The first-order valence-electron chi connectivity index (χ1n) is 4.69. The Morgan fingerprint density at radius 3 is 2.81 bits per heavy atom. The van der Waals surface area contributed by atoms with E-state index in [2.05, 4.69) is 10.1 Å². The van der Waals surface area contributed by atoms with Gasteiger partial charge in [0, 0.05) is 18.9 Å². The normalized spacial score (nSPS) is 10.3. The van der Waals surface area contributed by atoms with Gasteiger partial charge in [-0.1, -0.05) is 0 Å². The van der Waals surface area contributed by atoms with Gasteiger partial charge in [0.05, 0.1) is 23.6 Å². The number of hydrogen-bond acceptors (Lipinski definition) is 4. The van der Waals surface area contributed by atoms with Crippen LogP contribution in [0.3, 0.4) is 0 Å². The summed E-state index contributed by atoms with van der Waals surface area (Å²) in [6.07, 6.45) is 6.29. The average molecular weight is 217 g/mol. The molecule has 0 aliphatic heterocycles. The predicted molar refractivity (Wildman–Crippen MR) is 57.8 cm³/mol. The van der Waals surface area contributed by atoms with Crippen molar-refractivity contribution in [3.63, 3.8) is 0 Å². The molecular formula is C10H11N5O. The maximum Gasteiger partial charge on any atom is 0.251 e. The molecule has 0 fully saturated rings. The van der Waals surface area contributed by atoms with Crippen LogP contribution in [0.4, 0.5) is 0 Å². The van der Waals surface area contributed by atoms with Gasteiger partial charge in [0.25, 0.3) is 5.91 Å². The maximum absolute atomic E-state index is 10.9. The number of hydrogen-bond donors (Lipinski definition) is 2. The fourth-order valence-electron chi connectivity index (χ4n) is 1.30. The van der Waals surface area contributed by atoms with E-state index in [0.29, 0.717) is 12.1 Å². The first-order valence-corrected chi connectivity index (χ1v) is 4.69. The van der Waals surface area contributed by atoms with E-state index in [0.717, 1.165) is 11.3 Å². The van der Waals surface area contributed by atoms with Crippen molar-refractivity contribution >= 4 is 5.91 Å². The van der Waals surface area contributed by atoms with Crippen LogP contribution in [0, 0.1) is 0 Å². The zero-order valence-corrected chi connectivity index (χ0v) is 8.50. The lowest BCUT2D eigenvalue weighted by molar-refractivity contribution is 0.100. The quantitative estimate of drug-likeness (QED) is 0.745. The summed E-state index contributed by atoms with van der Waals surface area (Å²) in [5.74, 6) is -0.505. The van der Waals surface area contributed by atoms with Crippen LogP contribution in [0.15, 0.2) is 30.9 Å². The highest BCUT2D eigenvalue weighted by molar-refractivity contribution is 5.92. The van der Waals surface area contributed by atoms with Crippen LogP contribution < -0.4 is 11.5 Å². The molecule has 0 aromatic carbocycles. The first-order chi connectivity index (χ1) is 7.70. The van der Waals surface area contributed by atoms with E-state index in [4.69, 9.17) is 11.5 Å². The lowest BCUT2D eigenvalue weighted by atomic mass is 10.2. The molecule has 82 valence electrons. The van der Waals surface area contributed by atoms with Gasteiger partial charge in [-0.2, -0.15) is 5.10 Å². The Morgan fingerprint density at radius 2 is 2.19 bits per heavy atom. The number of amides is 1. The molecule has 0 bridgehead atoms. The summed E-state index contributed by atoms with van der Waals surface area (Å²) in [7, 11) is 0. The molecule has 4 N–H and O–H groups in total.